The highest BCUT2D eigenvalue weighted by Crippen LogP contribution is 2.41. The summed E-state index contributed by atoms with van der Waals surface area (Å²) in [6.07, 6.45) is 0.881. The third kappa shape index (κ3) is 1.77. The second-order valence-electron chi connectivity index (χ2n) is 4.90. The van der Waals surface area contributed by atoms with Gasteiger partial charge in [0.15, 0.2) is 0 Å². The average Bonchev–Trinajstić information content (AvgIpc) is 2.48. The molecule has 86 valence electrons. The highest BCUT2D eigenvalue weighted by Gasteiger charge is 2.38. The lowest BCUT2D eigenvalue weighted by Gasteiger charge is -2.27. The Hall–Kier alpha value is -1.51. The van der Waals surface area contributed by atoms with Crippen LogP contribution in [0, 0.1) is 0 Å². The topological polar surface area (TPSA) is 49.3 Å². The average molecular weight is 219 g/mol. The molecule has 0 aromatic heterocycles. The molecule has 0 amide bonds. The van der Waals surface area contributed by atoms with Crippen molar-refractivity contribution in [1.82, 2.24) is 0 Å². The third-order valence-corrected chi connectivity index (χ3v) is 3.47. The van der Waals surface area contributed by atoms with E-state index in [1.165, 1.54) is 5.56 Å². The van der Waals surface area contributed by atoms with Crippen LogP contribution in [0.2, 0.25) is 0 Å². The fourth-order valence-electron chi connectivity index (χ4n) is 2.43. The number of carboxylic acids is 1. The van der Waals surface area contributed by atoms with E-state index in [0.717, 1.165) is 5.69 Å². The fourth-order valence-corrected chi connectivity index (χ4v) is 2.43. The summed E-state index contributed by atoms with van der Waals surface area (Å²) < 4.78 is 0. The van der Waals surface area contributed by atoms with Crippen molar-refractivity contribution in [3.05, 3.63) is 29.8 Å². The summed E-state index contributed by atoms with van der Waals surface area (Å²) >= 11 is 0. The van der Waals surface area contributed by atoms with Crippen molar-refractivity contribution in [1.29, 1.82) is 0 Å². The maximum atomic E-state index is 10.6. The molecule has 1 aromatic rings. The van der Waals surface area contributed by atoms with Crippen LogP contribution >= 0.6 is 0 Å². The van der Waals surface area contributed by atoms with Crippen LogP contribution in [0.1, 0.15) is 32.3 Å². The summed E-state index contributed by atoms with van der Waals surface area (Å²) in [6, 6.07) is 8.41. The fraction of sp³-hybridized carbons (Fsp3) is 0.462. The molecule has 0 radical (unpaired) electrons. The Morgan fingerprint density at radius 3 is 2.75 bits per heavy atom. The SMILES string of the molecule is CC1(C)c2ccccc2NC1CCC(=O)O. The highest BCUT2D eigenvalue weighted by molar-refractivity contribution is 5.67. The molecule has 1 unspecified atom stereocenters. The number of hydrogen-bond acceptors (Lipinski definition) is 2. The number of rotatable bonds is 3. The van der Waals surface area contributed by atoms with Crippen LogP contribution in [0.4, 0.5) is 5.69 Å². The highest BCUT2D eigenvalue weighted by atomic mass is 16.4. The smallest absolute Gasteiger partial charge is 0.303 e. The van der Waals surface area contributed by atoms with Gasteiger partial charge >= 0.3 is 5.97 Å². The molecule has 1 aromatic carbocycles. The second-order valence-corrected chi connectivity index (χ2v) is 4.90. The molecule has 3 heteroatoms. The van der Waals surface area contributed by atoms with Crippen LogP contribution < -0.4 is 5.32 Å². The van der Waals surface area contributed by atoms with Gasteiger partial charge in [-0.1, -0.05) is 32.0 Å². The molecule has 1 heterocycles. The van der Waals surface area contributed by atoms with Gasteiger partial charge < -0.3 is 10.4 Å². The number of fused-ring (bicyclic) bond motifs is 1. The number of carboxylic acid groups (broad SMARTS) is 1. The van der Waals surface area contributed by atoms with Crippen molar-refractivity contribution >= 4 is 11.7 Å². The van der Waals surface area contributed by atoms with Gasteiger partial charge in [-0.2, -0.15) is 0 Å². The molecule has 2 N–H and O–H groups in total. The molecule has 16 heavy (non-hydrogen) atoms. The van der Waals surface area contributed by atoms with E-state index in [9.17, 15) is 4.79 Å². The van der Waals surface area contributed by atoms with Crippen molar-refractivity contribution in [2.75, 3.05) is 5.32 Å². The molecule has 0 bridgehead atoms. The zero-order valence-corrected chi connectivity index (χ0v) is 9.66. The Balaban J connectivity index is 2.19. The zero-order chi connectivity index (χ0) is 11.8. The summed E-state index contributed by atoms with van der Waals surface area (Å²) in [7, 11) is 0. The minimum Gasteiger partial charge on any atom is -0.481 e. The molecular formula is C13H17NO2. The molecule has 3 nitrogen and oxygen atoms in total. The lowest BCUT2D eigenvalue weighted by molar-refractivity contribution is -0.137. The maximum absolute atomic E-state index is 10.6. The molecular weight excluding hydrogens is 202 g/mol. The van der Waals surface area contributed by atoms with E-state index in [4.69, 9.17) is 5.11 Å². The van der Waals surface area contributed by atoms with E-state index in [-0.39, 0.29) is 17.9 Å². The summed E-state index contributed by atoms with van der Waals surface area (Å²) in [4.78, 5) is 10.6. The zero-order valence-electron chi connectivity index (χ0n) is 9.66. The number of aliphatic carboxylic acids is 1. The predicted molar refractivity (Wildman–Crippen MR) is 63.7 cm³/mol. The van der Waals surface area contributed by atoms with Crippen LogP contribution in [0.25, 0.3) is 0 Å². The Morgan fingerprint density at radius 2 is 2.12 bits per heavy atom. The van der Waals surface area contributed by atoms with Crippen LogP contribution in [0.15, 0.2) is 24.3 Å². The minimum absolute atomic E-state index is 0.00600. The first-order chi connectivity index (χ1) is 7.51. The molecule has 0 aliphatic carbocycles. The standard InChI is InChI=1S/C13H17NO2/c1-13(2)9-5-3-4-6-10(9)14-11(13)7-8-12(15)16/h3-6,11,14H,7-8H2,1-2H3,(H,15,16). The van der Waals surface area contributed by atoms with Gasteiger partial charge in [0.05, 0.1) is 0 Å². The van der Waals surface area contributed by atoms with E-state index in [0.29, 0.717) is 6.42 Å². The minimum atomic E-state index is -0.728. The lowest BCUT2D eigenvalue weighted by atomic mass is 9.79. The van der Waals surface area contributed by atoms with Gasteiger partial charge in [0.25, 0.3) is 0 Å². The van der Waals surface area contributed by atoms with Gasteiger partial charge in [-0.3, -0.25) is 4.79 Å². The van der Waals surface area contributed by atoms with Crippen molar-refractivity contribution in [3.63, 3.8) is 0 Å². The number of benzene rings is 1. The van der Waals surface area contributed by atoms with E-state index in [1.54, 1.807) is 0 Å². The monoisotopic (exact) mass is 219 g/mol. The third-order valence-electron chi connectivity index (χ3n) is 3.47. The van der Waals surface area contributed by atoms with E-state index < -0.39 is 5.97 Å². The van der Waals surface area contributed by atoms with Gasteiger partial charge in [-0.15, -0.1) is 0 Å². The van der Waals surface area contributed by atoms with Crippen LogP contribution in [0.3, 0.4) is 0 Å². The molecule has 0 saturated heterocycles. The van der Waals surface area contributed by atoms with Gasteiger partial charge in [0.1, 0.15) is 0 Å². The van der Waals surface area contributed by atoms with Gasteiger partial charge in [-0.25, -0.2) is 0 Å². The van der Waals surface area contributed by atoms with Crippen LogP contribution in [-0.4, -0.2) is 17.1 Å². The normalized spacial score (nSPS) is 21.2. The summed E-state index contributed by atoms with van der Waals surface area (Å²) in [5.41, 5.74) is 2.43. The van der Waals surface area contributed by atoms with Crippen molar-refractivity contribution in [2.24, 2.45) is 0 Å². The Morgan fingerprint density at radius 1 is 1.44 bits per heavy atom. The van der Waals surface area contributed by atoms with Gasteiger partial charge in [0.2, 0.25) is 0 Å². The molecule has 1 aliphatic rings. The molecule has 2 rings (SSSR count). The summed E-state index contributed by atoms with van der Waals surface area (Å²) in [6.45, 7) is 4.33. The Labute approximate surface area is 95.5 Å². The lowest BCUT2D eigenvalue weighted by Crippen LogP contribution is -2.33. The first kappa shape index (κ1) is 11.0. The first-order valence-electron chi connectivity index (χ1n) is 5.59. The molecule has 0 fully saturated rings. The van der Waals surface area contributed by atoms with E-state index in [1.807, 2.05) is 12.1 Å². The summed E-state index contributed by atoms with van der Waals surface area (Å²) in [5.74, 6) is -0.728. The number of hydrogen-bond donors (Lipinski definition) is 2. The van der Waals surface area contributed by atoms with Crippen LogP contribution in [0.5, 0.6) is 0 Å². The van der Waals surface area contributed by atoms with E-state index >= 15 is 0 Å². The first-order valence-corrected chi connectivity index (χ1v) is 5.59. The number of anilines is 1. The largest absolute Gasteiger partial charge is 0.481 e. The molecule has 0 spiro atoms. The second kappa shape index (κ2) is 3.81. The predicted octanol–water partition coefficient (Wildman–Crippen LogP) is 2.62. The van der Waals surface area contributed by atoms with E-state index in [2.05, 4.69) is 31.3 Å². The quantitative estimate of drug-likeness (QED) is 0.821. The summed E-state index contributed by atoms with van der Waals surface area (Å²) in [5, 5.41) is 12.1. The number of para-hydroxylation sites is 1. The molecule has 1 aliphatic heterocycles. The Bertz CT molecular complexity index is 412. The Kier molecular flexibility index (Phi) is 2.62. The van der Waals surface area contributed by atoms with Crippen LogP contribution in [-0.2, 0) is 10.2 Å². The van der Waals surface area contributed by atoms with Crippen molar-refractivity contribution < 1.29 is 9.90 Å². The van der Waals surface area contributed by atoms with Crippen molar-refractivity contribution in [2.45, 2.75) is 38.1 Å². The maximum Gasteiger partial charge on any atom is 0.303 e. The van der Waals surface area contributed by atoms with Crippen molar-refractivity contribution in [3.8, 4) is 0 Å². The van der Waals surface area contributed by atoms with Gasteiger partial charge in [0, 0.05) is 23.6 Å². The number of nitrogens with one attached hydrogen (secondary N) is 1. The molecule has 0 saturated carbocycles. The number of carbonyl (C=O) groups is 1. The van der Waals surface area contributed by atoms with Gasteiger partial charge in [-0.05, 0) is 18.1 Å². The molecule has 1 atom stereocenters.